The zero-order valence-electron chi connectivity index (χ0n) is 62.0. The van der Waals surface area contributed by atoms with Gasteiger partial charge in [0.25, 0.3) is 0 Å². The second-order valence-corrected chi connectivity index (χ2v) is 28.2. The Morgan fingerprint density at radius 3 is 1.84 bits per heavy atom. The second kappa shape index (κ2) is 38.2. The Kier molecular flexibility index (Phi) is 30.4. The van der Waals surface area contributed by atoms with Crippen LogP contribution in [0.25, 0.3) is 0 Å². The van der Waals surface area contributed by atoms with Crippen LogP contribution in [0.5, 0.6) is 0 Å². The second-order valence-electron chi connectivity index (χ2n) is 28.2. The summed E-state index contributed by atoms with van der Waals surface area (Å²) in [6, 6.07) is 15.4. The van der Waals surface area contributed by atoms with Crippen molar-refractivity contribution in [3.05, 3.63) is 113 Å². The van der Waals surface area contributed by atoms with E-state index in [-0.39, 0.29) is 66.4 Å². The molecule has 0 spiro atoms. The highest BCUT2D eigenvalue weighted by Crippen LogP contribution is 2.64. The van der Waals surface area contributed by atoms with Crippen molar-refractivity contribution in [3.63, 3.8) is 0 Å². The zero-order chi connectivity index (χ0) is 78.6. The molecular formula is C74H101N6O27+. The number of methoxy groups -OCH3 is 1. The summed E-state index contributed by atoms with van der Waals surface area (Å²) < 4.78 is 73.7. The topological polar surface area (TPSA) is 457 Å². The molecule has 14 atom stereocenters. The number of nitrogens with two attached hydrogens (primary N) is 1. The maximum Gasteiger partial charge on any atom is 0.509 e. The number of carbonyl (C=O) groups is 11. The number of aliphatic hydroxyl groups is 2. The Bertz CT molecular complexity index is 3630. The van der Waals surface area contributed by atoms with Gasteiger partial charge in [0.05, 0.1) is 97.0 Å². The summed E-state index contributed by atoms with van der Waals surface area (Å²) in [6.45, 7) is 16.5. The number of fused-ring (bicyclic) bond motifs is 5. The predicted molar refractivity (Wildman–Crippen MR) is 376 cm³/mol. The Balaban J connectivity index is 1.02. The van der Waals surface area contributed by atoms with E-state index in [0.29, 0.717) is 46.2 Å². The normalized spacial score (nSPS) is 24.2. The molecule has 3 fully saturated rings. The van der Waals surface area contributed by atoms with Crippen molar-refractivity contribution in [2.24, 2.45) is 22.5 Å². The molecule has 1 aliphatic heterocycles. The number of primary amides is 1. The first-order chi connectivity index (χ1) is 50.6. The largest absolute Gasteiger partial charge is 0.509 e. The molecule has 3 aromatic carbocycles. The average molecular weight is 1510 g/mol. The van der Waals surface area contributed by atoms with E-state index in [1.165, 1.54) is 90.1 Å². The fourth-order valence-corrected chi connectivity index (χ4v) is 13.5. The Morgan fingerprint density at radius 2 is 1.29 bits per heavy atom. The zero-order valence-corrected chi connectivity index (χ0v) is 62.0. The molecular weight excluding hydrogens is 1400 g/mol. The number of carbonyl (C=O) groups excluding carboxylic acids is 11. The number of Topliss-reactive ketones (excluding diaryl/α,β-unsaturated/α-hetero) is 1. The SMILES string of the molecule is COCCOCCOCCOCCOCCOCC(=O)N[C@H](C)C(=O)N[C@H](C)C(=O)N[C@H](CC(N)=O)C(=O)Nc1ccc(COC(=O)O[C@@H](C(=O)O[C@H]2C[C@@]3(O)[C@@H](OC(=O)c4ccccc4)[C@H]4[C@](C)(C(=O)[C@H](O)C(=C2C)C3(C)C)[C@@H]([OH2+])CC2OC[C@]24OC(C)=O)[C@@H](NC(=O)OC(C)(C)C)c2ccccc2)cc1. The highest BCUT2D eigenvalue weighted by atomic mass is 16.7. The van der Waals surface area contributed by atoms with Crippen LogP contribution in [0.2, 0.25) is 0 Å². The number of aliphatic hydroxyl groups excluding tert-OH is 1. The van der Waals surface area contributed by atoms with Crippen molar-refractivity contribution in [2.75, 3.05) is 91.7 Å². The van der Waals surface area contributed by atoms with Crippen molar-refractivity contribution in [1.82, 2.24) is 21.3 Å². The van der Waals surface area contributed by atoms with E-state index in [1.807, 2.05) is 0 Å². The molecule has 0 aromatic heterocycles. The average Bonchev–Trinajstić information content (AvgIpc) is 0.670. The summed E-state index contributed by atoms with van der Waals surface area (Å²) in [5, 5.41) is 48.6. The van der Waals surface area contributed by atoms with Gasteiger partial charge in [-0.2, -0.15) is 0 Å². The molecule has 588 valence electrons. The number of hydrogen-bond acceptors (Lipinski definition) is 26. The first kappa shape index (κ1) is 85.2. The van der Waals surface area contributed by atoms with E-state index in [0.717, 1.165) is 6.92 Å². The van der Waals surface area contributed by atoms with Crippen LogP contribution in [-0.4, -0.2) is 239 Å². The lowest BCUT2D eigenvalue weighted by Crippen LogP contribution is -2.81. The van der Waals surface area contributed by atoms with Crippen LogP contribution in [0.1, 0.15) is 116 Å². The third-order valence-electron chi connectivity index (χ3n) is 19.1. The number of benzene rings is 3. The van der Waals surface area contributed by atoms with E-state index in [9.17, 15) is 58.5 Å². The lowest BCUT2D eigenvalue weighted by molar-refractivity contribution is -0.346. The standard InChI is InChI=1S/C74H100N6O27/c1-42-51(38-74(94)62(105-66(90)48-20-16-13-17-21-48)60-72(10,61(86)58(85)56(42)71(74,8)9)52(82)37-53-73(60,41-102-53)106-45(4)81)103-67(91)59(57(47-18-14-12-15-19-47)80-68(92)107-70(5,6)7)104-69(93)101-39-46-22-24-49(25-23-46)78-65(89)50(36-54(75)83)79-64(88)44(3)77-63(87)43(2)76-55(84)40-100-35-34-99-33-32-98-31-30-97-29-28-96-27-26-95-11/h12-25,43-44,50-53,57-60,62,82,85,94H,26-41H2,1-11H3,(H2,75,83)(H,76,84)(H,77,87)(H,78,89)(H,79,88)(H,80,92)/p+1/t43-,44-,50-,51+,52+,53?,57+,58-,59-,60+,62+,72-,73+,74-/m1/s1. The van der Waals surface area contributed by atoms with Gasteiger partial charge in [-0.05, 0) is 95.0 Å². The minimum absolute atomic E-state index is 0.0102. The minimum Gasteiger partial charge on any atom is -0.455 e. The molecule has 1 saturated heterocycles. The van der Waals surface area contributed by atoms with Gasteiger partial charge in [-0.25, -0.2) is 19.2 Å². The number of amides is 6. The molecule has 4 aliphatic rings. The molecule has 33 nitrogen and oxygen atoms in total. The molecule has 1 heterocycles. The lowest BCUT2D eigenvalue weighted by atomic mass is 9.44. The summed E-state index contributed by atoms with van der Waals surface area (Å²) in [7, 11) is 1.59. The van der Waals surface area contributed by atoms with Gasteiger partial charge >= 0.3 is 30.2 Å². The predicted octanol–water partition coefficient (Wildman–Crippen LogP) is 2.39. The van der Waals surface area contributed by atoms with Crippen LogP contribution in [0.3, 0.4) is 0 Å². The molecule has 6 amide bonds. The van der Waals surface area contributed by atoms with E-state index < -0.39 is 186 Å². The maximum absolute atomic E-state index is 15.5. The Morgan fingerprint density at radius 1 is 0.729 bits per heavy atom. The monoisotopic (exact) mass is 1510 g/mol. The first-order valence-electron chi connectivity index (χ1n) is 35.1. The number of alkyl carbamates (subject to hydrolysis) is 1. The number of ketones is 1. The third kappa shape index (κ3) is 21.9. The lowest BCUT2D eigenvalue weighted by Gasteiger charge is -2.66. The number of nitrogens with one attached hydrogen (secondary N) is 5. The fraction of sp³-hybridized carbons (Fsp3) is 0.581. The van der Waals surface area contributed by atoms with E-state index in [1.54, 1.807) is 64.3 Å². The smallest absolute Gasteiger partial charge is 0.455 e. The highest BCUT2D eigenvalue weighted by molar-refractivity contribution is 6.01. The molecule has 11 N–H and O–H groups in total. The van der Waals surface area contributed by atoms with Gasteiger partial charge in [0.1, 0.15) is 78.4 Å². The van der Waals surface area contributed by atoms with Crippen LogP contribution >= 0.6 is 0 Å². The summed E-state index contributed by atoms with van der Waals surface area (Å²) in [6.07, 6.45) is -14.5. The van der Waals surface area contributed by atoms with Gasteiger partial charge in [0.2, 0.25) is 35.6 Å². The summed E-state index contributed by atoms with van der Waals surface area (Å²) >= 11 is 0. The Labute approximate surface area is 619 Å². The van der Waals surface area contributed by atoms with Gasteiger partial charge in [-0.15, -0.1) is 0 Å². The van der Waals surface area contributed by atoms with E-state index >= 15 is 9.59 Å². The Hall–Kier alpha value is -9.03. The van der Waals surface area contributed by atoms with Crippen LogP contribution in [-0.2, 0) is 107 Å². The van der Waals surface area contributed by atoms with Gasteiger partial charge in [0, 0.05) is 31.6 Å². The number of ether oxygens (including phenoxy) is 13. The van der Waals surface area contributed by atoms with Crippen LogP contribution in [0.15, 0.2) is 96.1 Å². The van der Waals surface area contributed by atoms with Crippen molar-refractivity contribution in [1.29, 1.82) is 0 Å². The maximum atomic E-state index is 15.5. The van der Waals surface area contributed by atoms with Crippen LogP contribution in [0.4, 0.5) is 15.3 Å². The highest BCUT2D eigenvalue weighted by Gasteiger charge is 2.79. The third-order valence-corrected chi connectivity index (χ3v) is 19.1. The minimum atomic E-state index is -2.52. The summed E-state index contributed by atoms with van der Waals surface area (Å²) in [5.41, 5.74) is -3.39. The van der Waals surface area contributed by atoms with Crippen molar-refractivity contribution in [3.8, 4) is 0 Å². The molecule has 3 aromatic rings. The molecule has 2 saturated carbocycles. The summed E-state index contributed by atoms with van der Waals surface area (Å²) in [5.74, 6) is -9.94. The quantitative estimate of drug-likeness (QED) is 0.0135. The van der Waals surface area contributed by atoms with Crippen molar-refractivity contribution >= 4 is 71.2 Å². The van der Waals surface area contributed by atoms with Crippen molar-refractivity contribution in [2.45, 2.75) is 173 Å². The van der Waals surface area contributed by atoms with Crippen LogP contribution < -0.4 is 32.3 Å². The van der Waals surface area contributed by atoms with Crippen molar-refractivity contribution < 1.29 is 130 Å². The number of hydrogen-bond donors (Lipinski definition) is 8. The van der Waals surface area contributed by atoms with Gasteiger partial charge in [-0.3, -0.25) is 33.6 Å². The number of rotatable bonds is 37. The number of anilines is 1. The fourth-order valence-electron chi connectivity index (χ4n) is 13.5. The molecule has 7 rings (SSSR count). The molecule has 1 unspecified atom stereocenters. The van der Waals surface area contributed by atoms with Crippen LogP contribution in [0, 0.1) is 16.7 Å². The molecule has 33 heteroatoms. The number of esters is 3. The summed E-state index contributed by atoms with van der Waals surface area (Å²) in [4.78, 5) is 151. The van der Waals surface area contributed by atoms with Gasteiger partial charge in [-0.1, -0.05) is 74.5 Å². The molecule has 107 heavy (non-hydrogen) atoms. The van der Waals surface area contributed by atoms with Gasteiger partial charge < -0.3 is 109 Å². The first-order valence-corrected chi connectivity index (χ1v) is 35.1. The van der Waals surface area contributed by atoms with E-state index in [4.69, 9.17) is 67.3 Å². The molecule has 3 aliphatic carbocycles. The van der Waals surface area contributed by atoms with E-state index in [2.05, 4.69) is 26.6 Å². The molecule has 2 bridgehead atoms. The molecule has 0 radical (unpaired) electrons. The van der Waals surface area contributed by atoms with Gasteiger partial charge in [0.15, 0.2) is 17.5 Å².